The second-order valence-electron chi connectivity index (χ2n) is 10.7. The quantitative estimate of drug-likeness (QED) is 0.306. The van der Waals surface area contributed by atoms with Gasteiger partial charge in [0.1, 0.15) is 6.29 Å². The first-order valence-corrected chi connectivity index (χ1v) is 14.4. The van der Waals surface area contributed by atoms with Gasteiger partial charge in [0.2, 0.25) is 11.8 Å². The van der Waals surface area contributed by atoms with Gasteiger partial charge in [0.05, 0.1) is 11.7 Å². The van der Waals surface area contributed by atoms with Gasteiger partial charge in [0.15, 0.2) is 0 Å². The van der Waals surface area contributed by atoms with Gasteiger partial charge in [-0.15, -0.1) is 5.10 Å². The standard InChI is InChI=1S/C28H49N5O3/c1-23(2)33-21-25(31-32-33)18-19-27(35)29-20-14-13-17-26(22-34)30-28(36)24-15-11-9-7-5-3-4-6-8-10-12-16-24/h21-24,26H,3-20H2,1-2H3,(H,29,35)(H,30,36)/t26-/m0/s1. The van der Waals surface area contributed by atoms with Crippen molar-refractivity contribution < 1.29 is 14.4 Å². The van der Waals surface area contributed by atoms with Gasteiger partial charge in [-0.1, -0.05) is 69.4 Å². The van der Waals surface area contributed by atoms with Crippen LogP contribution in [-0.4, -0.2) is 45.7 Å². The van der Waals surface area contributed by atoms with Crippen LogP contribution in [0.1, 0.15) is 128 Å². The predicted molar refractivity (Wildman–Crippen MR) is 142 cm³/mol. The van der Waals surface area contributed by atoms with Gasteiger partial charge >= 0.3 is 0 Å². The van der Waals surface area contributed by atoms with Crippen LogP contribution in [0.15, 0.2) is 6.20 Å². The van der Waals surface area contributed by atoms with Crippen LogP contribution in [0.3, 0.4) is 0 Å². The maximum absolute atomic E-state index is 12.9. The Bertz CT molecular complexity index is 750. The Morgan fingerprint density at radius 1 is 1.00 bits per heavy atom. The summed E-state index contributed by atoms with van der Waals surface area (Å²) in [5.74, 6) is 0.0619. The summed E-state index contributed by atoms with van der Waals surface area (Å²) in [6.45, 7) is 4.64. The maximum Gasteiger partial charge on any atom is 0.223 e. The lowest BCUT2D eigenvalue weighted by molar-refractivity contribution is -0.128. The zero-order chi connectivity index (χ0) is 26.0. The fourth-order valence-corrected chi connectivity index (χ4v) is 4.80. The molecule has 204 valence electrons. The van der Waals surface area contributed by atoms with E-state index >= 15 is 0 Å². The van der Waals surface area contributed by atoms with Crippen LogP contribution in [0.4, 0.5) is 0 Å². The molecule has 2 rings (SSSR count). The van der Waals surface area contributed by atoms with Gasteiger partial charge in [-0.05, 0) is 46.0 Å². The molecule has 1 fully saturated rings. The maximum atomic E-state index is 12.9. The number of hydrogen-bond acceptors (Lipinski definition) is 5. The van der Waals surface area contributed by atoms with Crippen LogP contribution in [0.5, 0.6) is 0 Å². The molecular formula is C28H49N5O3. The number of nitrogens with zero attached hydrogens (tertiary/aromatic N) is 3. The van der Waals surface area contributed by atoms with Crippen LogP contribution in [0, 0.1) is 5.92 Å². The molecule has 0 saturated heterocycles. The molecule has 8 heteroatoms. The molecule has 2 N–H and O–H groups in total. The van der Waals surface area contributed by atoms with Crippen molar-refractivity contribution in [2.24, 2.45) is 5.92 Å². The lowest BCUT2D eigenvalue weighted by Crippen LogP contribution is -2.40. The van der Waals surface area contributed by atoms with Gasteiger partial charge in [-0.3, -0.25) is 9.59 Å². The molecule has 0 spiro atoms. The zero-order valence-electron chi connectivity index (χ0n) is 22.7. The minimum atomic E-state index is -0.443. The monoisotopic (exact) mass is 503 g/mol. The Morgan fingerprint density at radius 3 is 2.17 bits per heavy atom. The molecule has 0 aromatic carbocycles. The average Bonchev–Trinajstić information content (AvgIpc) is 3.35. The van der Waals surface area contributed by atoms with Crippen molar-refractivity contribution in [1.82, 2.24) is 25.6 Å². The highest BCUT2D eigenvalue weighted by molar-refractivity contribution is 5.81. The number of aromatic nitrogens is 3. The van der Waals surface area contributed by atoms with Crippen molar-refractivity contribution in [2.75, 3.05) is 6.54 Å². The molecule has 36 heavy (non-hydrogen) atoms. The molecule has 0 radical (unpaired) electrons. The van der Waals surface area contributed by atoms with E-state index in [-0.39, 0.29) is 23.8 Å². The number of amides is 2. The normalized spacial score (nSPS) is 17.4. The highest BCUT2D eigenvalue weighted by Crippen LogP contribution is 2.21. The van der Waals surface area contributed by atoms with E-state index in [1.165, 1.54) is 51.4 Å². The van der Waals surface area contributed by atoms with E-state index in [1.54, 1.807) is 4.68 Å². The largest absolute Gasteiger partial charge is 0.356 e. The zero-order valence-corrected chi connectivity index (χ0v) is 22.7. The number of carbonyl (C=O) groups excluding carboxylic acids is 3. The summed E-state index contributed by atoms with van der Waals surface area (Å²) < 4.78 is 1.79. The first-order valence-electron chi connectivity index (χ1n) is 14.4. The Morgan fingerprint density at radius 2 is 1.61 bits per heavy atom. The molecule has 1 aromatic rings. The third-order valence-electron chi connectivity index (χ3n) is 7.18. The minimum absolute atomic E-state index is 0.00690. The van der Waals surface area contributed by atoms with Crippen molar-refractivity contribution in [2.45, 2.75) is 135 Å². The van der Waals surface area contributed by atoms with Crippen molar-refractivity contribution in [3.05, 3.63) is 11.9 Å². The summed E-state index contributed by atoms with van der Waals surface area (Å²) in [5, 5.41) is 14.1. The summed E-state index contributed by atoms with van der Waals surface area (Å²) in [4.78, 5) is 36.6. The van der Waals surface area contributed by atoms with E-state index < -0.39 is 6.04 Å². The summed E-state index contributed by atoms with van der Waals surface area (Å²) in [5.41, 5.74) is 0.820. The lowest BCUT2D eigenvalue weighted by Gasteiger charge is -2.20. The highest BCUT2D eigenvalue weighted by Gasteiger charge is 2.21. The Kier molecular flexibility index (Phi) is 15.0. The van der Waals surface area contributed by atoms with E-state index in [4.69, 9.17) is 0 Å². The van der Waals surface area contributed by atoms with Crippen molar-refractivity contribution in [3.8, 4) is 0 Å². The number of hydrogen-bond donors (Lipinski definition) is 2. The van der Waals surface area contributed by atoms with Gasteiger partial charge in [-0.2, -0.15) is 0 Å². The number of aryl methyl sites for hydroxylation is 1. The van der Waals surface area contributed by atoms with Crippen LogP contribution in [0.25, 0.3) is 0 Å². The first-order chi connectivity index (χ1) is 17.5. The van der Waals surface area contributed by atoms with E-state index in [0.717, 1.165) is 50.5 Å². The van der Waals surface area contributed by atoms with E-state index in [0.29, 0.717) is 25.8 Å². The Balaban J connectivity index is 1.62. The molecule has 0 aliphatic heterocycles. The van der Waals surface area contributed by atoms with Gasteiger partial charge in [-0.25, -0.2) is 4.68 Å². The lowest BCUT2D eigenvalue weighted by atomic mass is 9.93. The van der Waals surface area contributed by atoms with Crippen LogP contribution in [0.2, 0.25) is 0 Å². The SMILES string of the molecule is CC(C)n1cc(CCC(=O)NCCCC[C@@H](C=O)NC(=O)C2CCCCCCCCCCCC2)nn1. The van der Waals surface area contributed by atoms with Crippen molar-refractivity contribution in [1.29, 1.82) is 0 Å². The Labute approximate surface area is 217 Å². The summed E-state index contributed by atoms with van der Waals surface area (Å²) in [6.07, 6.45) is 20.1. The molecule has 1 aliphatic rings. The number of nitrogens with one attached hydrogen (secondary N) is 2. The fourth-order valence-electron chi connectivity index (χ4n) is 4.80. The molecule has 0 bridgehead atoms. The third-order valence-corrected chi connectivity index (χ3v) is 7.18. The second kappa shape index (κ2) is 18.1. The Hall–Kier alpha value is -2.25. The molecule has 1 saturated carbocycles. The molecule has 2 amide bonds. The molecule has 1 aliphatic carbocycles. The third kappa shape index (κ3) is 12.6. The van der Waals surface area contributed by atoms with E-state index in [9.17, 15) is 14.4 Å². The van der Waals surface area contributed by atoms with Crippen LogP contribution < -0.4 is 10.6 Å². The van der Waals surface area contributed by atoms with Gasteiger partial charge in [0.25, 0.3) is 0 Å². The van der Waals surface area contributed by atoms with E-state index in [1.807, 2.05) is 20.0 Å². The number of aldehydes is 1. The number of unbranched alkanes of at least 4 members (excludes halogenated alkanes) is 1. The summed E-state index contributed by atoms with van der Waals surface area (Å²) >= 11 is 0. The fraction of sp³-hybridized carbons (Fsp3) is 0.821. The minimum Gasteiger partial charge on any atom is -0.356 e. The smallest absolute Gasteiger partial charge is 0.223 e. The first kappa shape index (κ1) is 30.0. The molecule has 1 atom stereocenters. The topological polar surface area (TPSA) is 106 Å². The molecule has 0 unspecified atom stereocenters. The average molecular weight is 504 g/mol. The summed E-state index contributed by atoms with van der Waals surface area (Å²) in [6, 6.07) is -0.189. The van der Waals surface area contributed by atoms with Crippen molar-refractivity contribution in [3.63, 3.8) is 0 Å². The van der Waals surface area contributed by atoms with Crippen molar-refractivity contribution >= 4 is 18.1 Å². The molecule has 8 nitrogen and oxygen atoms in total. The molecule has 1 aromatic heterocycles. The molecular weight excluding hydrogens is 454 g/mol. The van der Waals surface area contributed by atoms with Crippen LogP contribution >= 0.6 is 0 Å². The predicted octanol–water partition coefficient (Wildman–Crippen LogP) is 5.07. The molecule has 1 heterocycles. The van der Waals surface area contributed by atoms with Gasteiger partial charge < -0.3 is 15.4 Å². The highest BCUT2D eigenvalue weighted by atomic mass is 16.2. The number of rotatable bonds is 12. The second-order valence-corrected chi connectivity index (χ2v) is 10.7. The van der Waals surface area contributed by atoms with Crippen LogP contribution in [-0.2, 0) is 20.8 Å². The summed E-state index contributed by atoms with van der Waals surface area (Å²) in [7, 11) is 0. The number of carbonyl (C=O) groups is 3. The van der Waals surface area contributed by atoms with Gasteiger partial charge in [0, 0.05) is 37.5 Å². The van der Waals surface area contributed by atoms with E-state index in [2.05, 4.69) is 20.9 Å².